The quantitative estimate of drug-likeness (QED) is 0.725. The monoisotopic (exact) mass is 201 g/mol. The Morgan fingerprint density at radius 3 is 2.62 bits per heavy atom. The van der Waals surface area contributed by atoms with Crippen LogP contribution >= 0.6 is 12.4 Å². The topological polar surface area (TPSA) is 68.0 Å². The van der Waals surface area contributed by atoms with E-state index in [2.05, 4.69) is 10.3 Å². The molecule has 3 N–H and O–H groups in total. The second-order valence-corrected chi connectivity index (χ2v) is 2.43. The van der Waals surface area contributed by atoms with Crippen LogP contribution in [-0.2, 0) is 11.3 Å². The first-order valence-corrected chi connectivity index (χ1v) is 3.67. The lowest BCUT2D eigenvalue weighted by Crippen LogP contribution is -2.28. The number of carbonyl (C=O) groups excluding carboxylic acids is 1. The summed E-state index contributed by atoms with van der Waals surface area (Å²) in [7, 11) is 0. The molecule has 0 aliphatic carbocycles. The third-order valence-electron chi connectivity index (χ3n) is 1.38. The number of pyridine rings is 1. The zero-order valence-corrected chi connectivity index (χ0v) is 7.88. The average Bonchev–Trinajstić information content (AvgIpc) is 2.05. The standard InChI is InChI=1S/C8H11N3O.ClH/c9-8(12)6-11-5-7-1-3-10-4-2-7;/h1-4,11H,5-6H2,(H2,9,12);1H. The molecule has 0 saturated carbocycles. The van der Waals surface area contributed by atoms with Crippen LogP contribution in [0.1, 0.15) is 5.56 Å². The third kappa shape index (κ3) is 5.16. The lowest BCUT2D eigenvalue weighted by molar-refractivity contribution is -0.117. The van der Waals surface area contributed by atoms with Crippen LogP contribution in [0.2, 0.25) is 0 Å². The van der Waals surface area contributed by atoms with E-state index < -0.39 is 0 Å². The molecule has 0 saturated heterocycles. The number of nitrogens with two attached hydrogens (primary N) is 1. The fourth-order valence-electron chi connectivity index (χ4n) is 0.831. The van der Waals surface area contributed by atoms with Gasteiger partial charge in [0.05, 0.1) is 6.54 Å². The van der Waals surface area contributed by atoms with Gasteiger partial charge < -0.3 is 11.1 Å². The van der Waals surface area contributed by atoms with Crippen molar-refractivity contribution >= 4 is 18.3 Å². The highest BCUT2D eigenvalue weighted by molar-refractivity contribution is 5.85. The normalized spacial score (nSPS) is 8.92. The fourth-order valence-corrected chi connectivity index (χ4v) is 0.831. The van der Waals surface area contributed by atoms with E-state index in [1.165, 1.54) is 0 Å². The predicted octanol–water partition coefficient (Wildman–Crippen LogP) is 0.0783. The maximum atomic E-state index is 10.3. The first-order valence-electron chi connectivity index (χ1n) is 3.67. The van der Waals surface area contributed by atoms with Gasteiger partial charge in [-0.15, -0.1) is 12.4 Å². The van der Waals surface area contributed by atoms with E-state index in [1.54, 1.807) is 12.4 Å². The number of nitrogens with zero attached hydrogens (tertiary/aromatic N) is 1. The molecule has 1 amide bonds. The Labute approximate surface area is 83.0 Å². The van der Waals surface area contributed by atoms with Crippen molar-refractivity contribution in [3.05, 3.63) is 30.1 Å². The maximum absolute atomic E-state index is 10.3. The van der Waals surface area contributed by atoms with E-state index in [4.69, 9.17) is 5.73 Å². The highest BCUT2D eigenvalue weighted by Crippen LogP contribution is 1.93. The number of amides is 1. The summed E-state index contributed by atoms with van der Waals surface area (Å²) in [6.45, 7) is 0.855. The number of nitrogens with one attached hydrogen (secondary N) is 1. The lowest BCUT2D eigenvalue weighted by Gasteiger charge is -2.00. The van der Waals surface area contributed by atoms with Gasteiger partial charge in [0, 0.05) is 18.9 Å². The van der Waals surface area contributed by atoms with Crippen LogP contribution in [0.15, 0.2) is 24.5 Å². The van der Waals surface area contributed by atoms with E-state index in [0.29, 0.717) is 6.54 Å². The molecule has 1 rings (SSSR count). The van der Waals surface area contributed by atoms with Gasteiger partial charge in [-0.1, -0.05) is 0 Å². The molecule has 1 aromatic heterocycles. The Morgan fingerprint density at radius 1 is 1.46 bits per heavy atom. The zero-order valence-electron chi connectivity index (χ0n) is 7.06. The van der Waals surface area contributed by atoms with Gasteiger partial charge >= 0.3 is 0 Å². The number of carbonyl (C=O) groups is 1. The second-order valence-electron chi connectivity index (χ2n) is 2.43. The van der Waals surface area contributed by atoms with E-state index >= 15 is 0 Å². The molecule has 1 aromatic rings. The van der Waals surface area contributed by atoms with Gasteiger partial charge in [-0.25, -0.2) is 0 Å². The van der Waals surface area contributed by atoms with Gasteiger partial charge in [-0.3, -0.25) is 9.78 Å². The molecule has 0 atom stereocenters. The van der Waals surface area contributed by atoms with Gasteiger partial charge in [-0.05, 0) is 17.7 Å². The molecule has 0 radical (unpaired) electrons. The number of hydrogen-bond donors (Lipinski definition) is 2. The molecule has 0 aromatic carbocycles. The van der Waals surface area contributed by atoms with Crippen molar-refractivity contribution < 1.29 is 4.79 Å². The van der Waals surface area contributed by atoms with Crippen molar-refractivity contribution in [3.63, 3.8) is 0 Å². The van der Waals surface area contributed by atoms with E-state index in [1.807, 2.05) is 12.1 Å². The highest BCUT2D eigenvalue weighted by atomic mass is 35.5. The Kier molecular flexibility index (Phi) is 5.84. The molecule has 1 heterocycles. The fraction of sp³-hybridized carbons (Fsp3) is 0.250. The van der Waals surface area contributed by atoms with Crippen LogP contribution in [0.3, 0.4) is 0 Å². The van der Waals surface area contributed by atoms with Crippen LogP contribution in [-0.4, -0.2) is 17.4 Å². The Bertz CT molecular complexity index is 253. The van der Waals surface area contributed by atoms with Crippen molar-refractivity contribution in [1.82, 2.24) is 10.3 Å². The average molecular weight is 202 g/mol. The number of hydrogen-bond acceptors (Lipinski definition) is 3. The number of rotatable bonds is 4. The molecule has 4 nitrogen and oxygen atoms in total. The minimum absolute atomic E-state index is 0. The molecular weight excluding hydrogens is 190 g/mol. The summed E-state index contributed by atoms with van der Waals surface area (Å²) in [4.78, 5) is 14.2. The molecule has 0 unspecified atom stereocenters. The van der Waals surface area contributed by atoms with Gasteiger partial charge in [0.15, 0.2) is 0 Å². The molecule has 0 bridgehead atoms. The van der Waals surface area contributed by atoms with Crippen LogP contribution in [0.4, 0.5) is 0 Å². The summed E-state index contributed by atoms with van der Waals surface area (Å²) in [6.07, 6.45) is 3.42. The predicted molar refractivity (Wildman–Crippen MR) is 52.4 cm³/mol. The summed E-state index contributed by atoms with van der Waals surface area (Å²) in [6, 6.07) is 3.77. The Balaban J connectivity index is 0.00000144. The number of primary amides is 1. The molecule has 13 heavy (non-hydrogen) atoms. The molecule has 5 heteroatoms. The molecule has 72 valence electrons. The summed E-state index contributed by atoms with van der Waals surface area (Å²) in [5, 5.41) is 2.90. The van der Waals surface area contributed by atoms with E-state index in [9.17, 15) is 4.79 Å². The maximum Gasteiger partial charge on any atom is 0.231 e. The minimum Gasteiger partial charge on any atom is -0.369 e. The smallest absolute Gasteiger partial charge is 0.231 e. The van der Waals surface area contributed by atoms with Gasteiger partial charge in [0.1, 0.15) is 0 Å². The van der Waals surface area contributed by atoms with Gasteiger partial charge in [0.25, 0.3) is 0 Å². The number of aromatic nitrogens is 1. The van der Waals surface area contributed by atoms with Crippen molar-refractivity contribution in [2.75, 3.05) is 6.54 Å². The lowest BCUT2D eigenvalue weighted by atomic mass is 10.3. The van der Waals surface area contributed by atoms with Gasteiger partial charge in [-0.2, -0.15) is 0 Å². The molecule has 0 fully saturated rings. The van der Waals surface area contributed by atoms with Crippen LogP contribution in [0.25, 0.3) is 0 Å². The van der Waals surface area contributed by atoms with Crippen LogP contribution < -0.4 is 11.1 Å². The second kappa shape index (κ2) is 6.39. The highest BCUT2D eigenvalue weighted by Gasteiger charge is 1.93. The van der Waals surface area contributed by atoms with Crippen molar-refractivity contribution in [1.29, 1.82) is 0 Å². The summed E-state index contributed by atoms with van der Waals surface area (Å²) >= 11 is 0. The zero-order chi connectivity index (χ0) is 8.81. The first kappa shape index (κ1) is 11.9. The van der Waals surface area contributed by atoms with Gasteiger partial charge in [0.2, 0.25) is 5.91 Å². The Morgan fingerprint density at radius 2 is 2.08 bits per heavy atom. The summed E-state index contributed by atoms with van der Waals surface area (Å²) < 4.78 is 0. The summed E-state index contributed by atoms with van der Waals surface area (Å²) in [5.74, 6) is -0.343. The van der Waals surface area contributed by atoms with E-state index in [-0.39, 0.29) is 24.9 Å². The van der Waals surface area contributed by atoms with Crippen molar-refractivity contribution in [3.8, 4) is 0 Å². The van der Waals surface area contributed by atoms with E-state index in [0.717, 1.165) is 5.56 Å². The third-order valence-corrected chi connectivity index (χ3v) is 1.38. The Hall–Kier alpha value is -1.13. The SMILES string of the molecule is Cl.NC(=O)CNCc1ccncc1. The van der Waals surface area contributed by atoms with Crippen LogP contribution in [0, 0.1) is 0 Å². The molecule has 0 aliphatic rings. The summed E-state index contributed by atoms with van der Waals surface area (Å²) in [5.41, 5.74) is 6.03. The first-order chi connectivity index (χ1) is 5.79. The number of halogens is 1. The molecular formula is C8H12ClN3O. The largest absolute Gasteiger partial charge is 0.369 e. The van der Waals surface area contributed by atoms with Crippen molar-refractivity contribution in [2.45, 2.75) is 6.54 Å². The molecule has 0 aliphatic heterocycles. The minimum atomic E-state index is -0.343. The van der Waals surface area contributed by atoms with Crippen LogP contribution in [0.5, 0.6) is 0 Å². The molecule has 0 spiro atoms. The van der Waals surface area contributed by atoms with Crippen molar-refractivity contribution in [2.24, 2.45) is 5.73 Å².